The Morgan fingerprint density at radius 2 is 1.96 bits per heavy atom. The van der Waals surface area contributed by atoms with Crippen LogP contribution in [0.2, 0.25) is 0 Å². The van der Waals surface area contributed by atoms with Crippen molar-refractivity contribution in [3.8, 4) is 0 Å². The molecule has 0 radical (unpaired) electrons. The first kappa shape index (κ1) is 18.8. The third kappa shape index (κ3) is 3.45. The van der Waals surface area contributed by atoms with Gasteiger partial charge in [0.05, 0.1) is 0 Å². The first-order chi connectivity index (χ1) is 13.5. The maximum Gasteiger partial charge on any atom is 0.344 e. The number of nitrogens with zero attached hydrogens (tertiary/aromatic N) is 2. The average Bonchev–Trinajstić information content (AvgIpc) is 2.90. The lowest BCUT2D eigenvalue weighted by Crippen LogP contribution is -2.51. The second-order valence-electron chi connectivity index (χ2n) is 8.22. The van der Waals surface area contributed by atoms with Crippen LogP contribution in [0.1, 0.15) is 56.1 Å². The number of anilines is 1. The van der Waals surface area contributed by atoms with Gasteiger partial charge in [-0.1, -0.05) is 37.0 Å². The topological polar surface area (TPSA) is 81.8 Å². The van der Waals surface area contributed by atoms with E-state index < -0.39 is 11.6 Å². The zero-order valence-corrected chi connectivity index (χ0v) is 16.4. The fourth-order valence-electron chi connectivity index (χ4n) is 4.67. The standard InChI is InChI=1S/C21H28N4O3/c1-15-7-8-17-16(14-15)6-5-12-24(17)13-9-18(26)23-25-19(27)21(22-20(25)28)10-3-2-4-11-21/h7-8,14H,2-6,9-13H2,1H3,(H,22,28)(H,23,26). The monoisotopic (exact) mass is 384 g/mol. The van der Waals surface area contributed by atoms with Crippen LogP contribution in [0.25, 0.3) is 0 Å². The van der Waals surface area contributed by atoms with Crippen molar-refractivity contribution in [3.63, 3.8) is 0 Å². The molecule has 0 bridgehead atoms. The zero-order valence-electron chi connectivity index (χ0n) is 16.4. The molecule has 7 heteroatoms. The summed E-state index contributed by atoms with van der Waals surface area (Å²) in [4.78, 5) is 39.7. The SMILES string of the molecule is Cc1ccc2c(c1)CCCN2CCC(=O)NN1C(=O)NC2(CCCCC2)C1=O. The van der Waals surface area contributed by atoms with Crippen molar-refractivity contribution < 1.29 is 14.4 Å². The van der Waals surface area contributed by atoms with E-state index >= 15 is 0 Å². The Hall–Kier alpha value is -2.57. The highest BCUT2D eigenvalue weighted by molar-refractivity contribution is 6.08. The molecule has 2 fully saturated rings. The van der Waals surface area contributed by atoms with Gasteiger partial charge in [-0.25, -0.2) is 4.79 Å². The van der Waals surface area contributed by atoms with Crippen molar-refractivity contribution in [3.05, 3.63) is 29.3 Å². The molecule has 0 atom stereocenters. The minimum absolute atomic E-state index is 0.234. The highest BCUT2D eigenvalue weighted by Gasteiger charge is 2.52. The number of urea groups is 1. The number of hydrogen-bond acceptors (Lipinski definition) is 4. The summed E-state index contributed by atoms with van der Waals surface area (Å²) in [5, 5.41) is 3.70. The van der Waals surface area contributed by atoms with Gasteiger partial charge < -0.3 is 10.2 Å². The maximum absolute atomic E-state index is 12.7. The number of fused-ring (bicyclic) bond motifs is 1. The van der Waals surface area contributed by atoms with E-state index in [0.717, 1.165) is 43.7 Å². The Kier molecular flexibility index (Phi) is 5.00. The van der Waals surface area contributed by atoms with E-state index in [4.69, 9.17) is 0 Å². The van der Waals surface area contributed by atoms with Crippen molar-refractivity contribution in [2.24, 2.45) is 0 Å². The second kappa shape index (κ2) is 7.45. The maximum atomic E-state index is 12.7. The third-order valence-electron chi connectivity index (χ3n) is 6.16. The van der Waals surface area contributed by atoms with Crippen LogP contribution in [0, 0.1) is 6.92 Å². The number of hydrazine groups is 1. The van der Waals surface area contributed by atoms with Crippen LogP contribution in [0.3, 0.4) is 0 Å². The number of imide groups is 1. The first-order valence-corrected chi connectivity index (χ1v) is 10.3. The Labute approximate surface area is 165 Å². The largest absolute Gasteiger partial charge is 0.371 e. The van der Waals surface area contributed by atoms with Gasteiger partial charge in [-0.2, -0.15) is 5.01 Å². The zero-order chi connectivity index (χ0) is 19.7. The number of hydrogen-bond donors (Lipinski definition) is 2. The molecule has 1 aliphatic carbocycles. The minimum Gasteiger partial charge on any atom is -0.371 e. The van der Waals surface area contributed by atoms with Gasteiger partial charge in [0.1, 0.15) is 5.54 Å². The van der Waals surface area contributed by atoms with E-state index in [1.165, 1.54) is 16.8 Å². The van der Waals surface area contributed by atoms with Crippen LogP contribution in [-0.2, 0) is 16.0 Å². The summed E-state index contributed by atoms with van der Waals surface area (Å²) in [6.07, 6.45) is 6.56. The summed E-state index contributed by atoms with van der Waals surface area (Å²) < 4.78 is 0. The van der Waals surface area contributed by atoms with Crippen LogP contribution >= 0.6 is 0 Å². The molecule has 0 unspecified atom stereocenters. The molecule has 3 aliphatic rings. The Morgan fingerprint density at radius 3 is 2.75 bits per heavy atom. The number of aryl methyl sites for hydroxylation is 2. The van der Waals surface area contributed by atoms with Crippen LogP contribution < -0.4 is 15.6 Å². The Morgan fingerprint density at radius 1 is 1.18 bits per heavy atom. The molecule has 2 aliphatic heterocycles. The number of carbonyl (C=O) groups is 3. The van der Waals surface area contributed by atoms with Gasteiger partial charge in [-0.15, -0.1) is 0 Å². The molecule has 2 heterocycles. The van der Waals surface area contributed by atoms with Crippen LogP contribution in [0.15, 0.2) is 18.2 Å². The molecule has 1 aromatic rings. The lowest BCUT2D eigenvalue weighted by Gasteiger charge is -2.31. The first-order valence-electron chi connectivity index (χ1n) is 10.3. The number of rotatable bonds is 4. The van der Waals surface area contributed by atoms with Gasteiger partial charge in [0.2, 0.25) is 5.91 Å². The number of amides is 4. The third-order valence-corrected chi connectivity index (χ3v) is 6.16. The summed E-state index contributed by atoms with van der Waals surface area (Å²) in [6.45, 7) is 3.57. The quantitative estimate of drug-likeness (QED) is 0.781. The molecular formula is C21H28N4O3. The lowest BCUT2D eigenvalue weighted by molar-refractivity contribution is -0.139. The molecule has 1 saturated heterocycles. The van der Waals surface area contributed by atoms with Gasteiger partial charge in [0, 0.05) is 25.2 Å². The Bertz CT molecular complexity index is 801. The van der Waals surface area contributed by atoms with Crippen LogP contribution in [-0.4, -0.2) is 41.5 Å². The van der Waals surface area contributed by atoms with Crippen molar-refractivity contribution in [2.75, 3.05) is 18.0 Å². The number of benzene rings is 1. The van der Waals surface area contributed by atoms with Crippen molar-refractivity contribution in [1.29, 1.82) is 0 Å². The van der Waals surface area contributed by atoms with E-state index in [9.17, 15) is 14.4 Å². The van der Waals surface area contributed by atoms with E-state index in [-0.39, 0.29) is 18.2 Å². The normalized spacial score (nSPS) is 20.9. The van der Waals surface area contributed by atoms with Gasteiger partial charge in [0.25, 0.3) is 5.91 Å². The number of nitrogens with one attached hydrogen (secondary N) is 2. The summed E-state index contributed by atoms with van der Waals surface area (Å²) in [6, 6.07) is 5.90. The average molecular weight is 384 g/mol. The van der Waals surface area contributed by atoms with E-state index in [2.05, 4.69) is 40.8 Å². The molecule has 0 aromatic heterocycles. The molecule has 1 saturated carbocycles. The van der Waals surface area contributed by atoms with Crippen LogP contribution in [0.5, 0.6) is 0 Å². The lowest BCUT2D eigenvalue weighted by atomic mass is 9.82. The predicted octanol–water partition coefficient (Wildman–Crippen LogP) is 2.42. The van der Waals surface area contributed by atoms with Crippen molar-refractivity contribution >= 4 is 23.5 Å². The molecule has 150 valence electrons. The molecule has 7 nitrogen and oxygen atoms in total. The minimum atomic E-state index is -0.813. The fourth-order valence-corrected chi connectivity index (χ4v) is 4.67. The van der Waals surface area contributed by atoms with Gasteiger partial charge in [-0.05, 0) is 44.2 Å². The molecule has 1 spiro atoms. The summed E-state index contributed by atoms with van der Waals surface area (Å²) in [5.74, 6) is -0.625. The van der Waals surface area contributed by atoms with Gasteiger partial charge in [-0.3, -0.25) is 15.0 Å². The van der Waals surface area contributed by atoms with E-state index in [1.54, 1.807) is 0 Å². The highest BCUT2D eigenvalue weighted by atomic mass is 16.2. The summed E-state index contributed by atoms with van der Waals surface area (Å²) in [5.41, 5.74) is 5.46. The van der Waals surface area contributed by atoms with E-state index in [1.807, 2.05) is 0 Å². The van der Waals surface area contributed by atoms with Gasteiger partial charge >= 0.3 is 6.03 Å². The number of carbonyl (C=O) groups excluding carboxylic acids is 3. The Balaban J connectivity index is 1.35. The predicted molar refractivity (Wildman–Crippen MR) is 106 cm³/mol. The summed E-state index contributed by atoms with van der Waals surface area (Å²) >= 11 is 0. The van der Waals surface area contributed by atoms with Crippen LogP contribution in [0.4, 0.5) is 10.5 Å². The molecule has 2 N–H and O–H groups in total. The van der Waals surface area contributed by atoms with Crippen molar-refractivity contribution in [1.82, 2.24) is 15.8 Å². The molecule has 4 amide bonds. The van der Waals surface area contributed by atoms with E-state index in [0.29, 0.717) is 19.4 Å². The smallest absolute Gasteiger partial charge is 0.344 e. The molecule has 28 heavy (non-hydrogen) atoms. The van der Waals surface area contributed by atoms with Crippen molar-refractivity contribution in [2.45, 2.75) is 63.8 Å². The molecular weight excluding hydrogens is 356 g/mol. The van der Waals surface area contributed by atoms with Gasteiger partial charge in [0.15, 0.2) is 0 Å². The molecule has 4 rings (SSSR count). The molecule has 1 aromatic carbocycles. The summed E-state index contributed by atoms with van der Waals surface area (Å²) in [7, 11) is 0. The fraction of sp³-hybridized carbons (Fsp3) is 0.571. The second-order valence-corrected chi connectivity index (χ2v) is 8.22. The highest BCUT2D eigenvalue weighted by Crippen LogP contribution is 2.33.